The lowest BCUT2D eigenvalue weighted by atomic mass is 9.98. The number of hydrogen-bond donors (Lipinski definition) is 4. The number of aromatic nitrogens is 2. The molecule has 22 heavy (non-hydrogen) atoms. The molecule has 1 aliphatic heterocycles. The maximum Gasteiger partial charge on any atom is 0.301 e. The van der Waals surface area contributed by atoms with E-state index in [1.54, 1.807) is 6.92 Å². The molecule has 1 aromatic heterocycles. The Morgan fingerprint density at radius 1 is 1.36 bits per heavy atom. The van der Waals surface area contributed by atoms with Gasteiger partial charge in [0.25, 0.3) is 5.56 Å². The number of rotatable bonds is 4. The molecule has 9 nitrogen and oxygen atoms in total. The molecule has 0 radical (unpaired) electrons. The third kappa shape index (κ3) is 3.16. The van der Waals surface area contributed by atoms with Crippen LogP contribution in [0.4, 0.5) is 0 Å². The lowest BCUT2D eigenvalue weighted by Gasteiger charge is -2.40. The summed E-state index contributed by atoms with van der Waals surface area (Å²) in [6, 6.07) is -0.111. The topological polar surface area (TPSA) is 134 Å². The van der Waals surface area contributed by atoms with Crippen molar-refractivity contribution in [2.45, 2.75) is 37.6 Å². The predicted molar refractivity (Wildman–Crippen MR) is 76.4 cm³/mol. The van der Waals surface area contributed by atoms with E-state index in [0.717, 1.165) is 0 Å². The van der Waals surface area contributed by atoms with Gasteiger partial charge in [-0.3, -0.25) is 9.36 Å². The second-order valence-electron chi connectivity index (χ2n) is 4.74. The van der Waals surface area contributed by atoms with Crippen LogP contribution in [0.5, 0.6) is 6.01 Å². The maximum atomic E-state index is 11.6. The van der Waals surface area contributed by atoms with E-state index in [2.05, 4.69) is 20.9 Å². The number of halogens is 1. The average Bonchev–Trinajstić information content (AvgIpc) is 2.49. The third-order valence-corrected chi connectivity index (χ3v) is 3.83. The van der Waals surface area contributed by atoms with E-state index in [1.807, 2.05) is 0 Å². The Hall–Kier alpha value is -1.04. The summed E-state index contributed by atoms with van der Waals surface area (Å²) < 4.78 is 12.0. The molecule has 10 heteroatoms. The smallest absolute Gasteiger partial charge is 0.301 e. The Morgan fingerprint density at radius 3 is 2.64 bits per heavy atom. The third-order valence-electron chi connectivity index (χ3n) is 3.29. The Kier molecular flexibility index (Phi) is 5.53. The molecule has 0 aliphatic carbocycles. The molecule has 1 aromatic rings. The summed E-state index contributed by atoms with van der Waals surface area (Å²) in [4.78, 5) is 15.3. The van der Waals surface area contributed by atoms with Crippen LogP contribution in [0.1, 0.15) is 13.2 Å². The van der Waals surface area contributed by atoms with Crippen LogP contribution in [0, 0.1) is 0 Å². The minimum atomic E-state index is -1.54. The van der Waals surface area contributed by atoms with Gasteiger partial charge in [-0.15, -0.1) is 0 Å². The van der Waals surface area contributed by atoms with Crippen LogP contribution in [0.3, 0.4) is 0 Å². The SMILES string of the molecule is CCOc1nc(=O)c(Br)cn1[C@@H]1O[C@H](CO)[C@@H](O)[C@H](O)[C@H]1O. The fourth-order valence-electron chi connectivity index (χ4n) is 2.16. The molecule has 0 saturated carbocycles. The van der Waals surface area contributed by atoms with Crippen molar-refractivity contribution in [2.75, 3.05) is 13.2 Å². The molecule has 1 aliphatic rings. The minimum Gasteiger partial charge on any atom is -0.465 e. The Morgan fingerprint density at radius 2 is 2.05 bits per heavy atom. The highest BCUT2D eigenvalue weighted by molar-refractivity contribution is 9.10. The molecular weight excluding hydrogens is 364 g/mol. The van der Waals surface area contributed by atoms with Gasteiger partial charge < -0.3 is 29.9 Å². The molecule has 0 aromatic carbocycles. The van der Waals surface area contributed by atoms with E-state index in [4.69, 9.17) is 9.47 Å². The molecule has 1 fully saturated rings. The highest BCUT2D eigenvalue weighted by Crippen LogP contribution is 2.30. The molecule has 0 spiro atoms. The van der Waals surface area contributed by atoms with Crippen LogP contribution < -0.4 is 10.3 Å². The molecule has 0 unspecified atom stereocenters. The molecule has 5 atom stereocenters. The van der Waals surface area contributed by atoms with Crippen LogP contribution in [-0.2, 0) is 4.74 Å². The molecular formula is C12H17BrN2O7. The Labute approximate surface area is 133 Å². The van der Waals surface area contributed by atoms with Crippen LogP contribution in [-0.4, -0.2) is 67.6 Å². The van der Waals surface area contributed by atoms with Crippen molar-refractivity contribution >= 4 is 15.9 Å². The first-order chi connectivity index (χ1) is 10.4. The van der Waals surface area contributed by atoms with E-state index >= 15 is 0 Å². The van der Waals surface area contributed by atoms with E-state index < -0.39 is 42.8 Å². The fourth-order valence-corrected chi connectivity index (χ4v) is 2.47. The van der Waals surface area contributed by atoms with E-state index in [-0.39, 0.29) is 17.1 Å². The van der Waals surface area contributed by atoms with Gasteiger partial charge in [-0.05, 0) is 22.9 Å². The van der Waals surface area contributed by atoms with Gasteiger partial charge in [0.15, 0.2) is 6.23 Å². The van der Waals surface area contributed by atoms with E-state index in [1.165, 1.54) is 10.8 Å². The van der Waals surface area contributed by atoms with Crippen LogP contribution in [0.15, 0.2) is 15.5 Å². The summed E-state index contributed by atoms with van der Waals surface area (Å²) in [5.74, 6) is 0. The average molecular weight is 381 g/mol. The number of hydrogen-bond acceptors (Lipinski definition) is 8. The van der Waals surface area contributed by atoms with E-state index in [9.17, 15) is 25.2 Å². The lowest BCUT2D eigenvalue weighted by molar-refractivity contribution is -0.252. The van der Waals surface area contributed by atoms with Gasteiger partial charge >= 0.3 is 6.01 Å². The second kappa shape index (κ2) is 7.02. The molecule has 1 saturated heterocycles. The summed E-state index contributed by atoms with van der Waals surface area (Å²) in [7, 11) is 0. The monoisotopic (exact) mass is 380 g/mol. The zero-order valence-electron chi connectivity index (χ0n) is 11.7. The summed E-state index contributed by atoms with van der Waals surface area (Å²) in [6.45, 7) is 1.34. The van der Waals surface area contributed by atoms with Crippen LogP contribution >= 0.6 is 15.9 Å². The van der Waals surface area contributed by atoms with Crippen molar-refractivity contribution in [2.24, 2.45) is 0 Å². The standard InChI is InChI=1S/C12H17BrN2O7/c1-2-21-12-14-10(20)5(13)3-15(12)11-9(19)8(18)7(17)6(4-16)22-11/h3,6-9,11,16-19H,2,4H2,1H3/t6-,7-,8+,9-,11-/m1/s1. The molecule has 2 heterocycles. The zero-order valence-corrected chi connectivity index (χ0v) is 13.3. The van der Waals surface area contributed by atoms with Gasteiger partial charge in [0, 0.05) is 6.20 Å². The number of ether oxygens (including phenoxy) is 2. The number of nitrogens with zero attached hydrogens (tertiary/aromatic N) is 2. The number of aliphatic hydroxyl groups excluding tert-OH is 4. The number of aliphatic hydroxyl groups is 4. The van der Waals surface area contributed by atoms with Crippen molar-refractivity contribution in [1.82, 2.24) is 9.55 Å². The van der Waals surface area contributed by atoms with Gasteiger partial charge in [0.05, 0.1) is 13.2 Å². The summed E-state index contributed by atoms with van der Waals surface area (Å²) >= 11 is 3.03. The minimum absolute atomic E-state index is 0.105. The molecule has 124 valence electrons. The van der Waals surface area contributed by atoms with E-state index in [0.29, 0.717) is 0 Å². The van der Waals surface area contributed by atoms with Crippen molar-refractivity contribution in [3.05, 3.63) is 21.0 Å². The molecule has 0 amide bonds. The Bertz CT molecular complexity index is 579. The highest BCUT2D eigenvalue weighted by atomic mass is 79.9. The zero-order chi connectivity index (χ0) is 16.4. The summed E-state index contributed by atoms with van der Waals surface area (Å²) in [5, 5.41) is 38.9. The van der Waals surface area contributed by atoms with Crippen molar-refractivity contribution in [3.8, 4) is 6.01 Å². The van der Waals surface area contributed by atoms with Gasteiger partial charge in [-0.25, -0.2) is 0 Å². The molecule has 2 rings (SSSR count). The highest BCUT2D eigenvalue weighted by Gasteiger charge is 2.44. The normalized spacial score (nSPS) is 32.0. The first kappa shape index (κ1) is 17.3. The van der Waals surface area contributed by atoms with Gasteiger partial charge in [0.1, 0.15) is 28.9 Å². The molecule has 4 N–H and O–H groups in total. The quantitative estimate of drug-likeness (QED) is 0.489. The van der Waals surface area contributed by atoms with Crippen LogP contribution in [0.25, 0.3) is 0 Å². The van der Waals surface area contributed by atoms with Gasteiger partial charge in [-0.1, -0.05) is 0 Å². The predicted octanol–water partition coefficient (Wildman–Crippen LogP) is -1.62. The van der Waals surface area contributed by atoms with Crippen molar-refractivity contribution in [1.29, 1.82) is 0 Å². The van der Waals surface area contributed by atoms with Crippen molar-refractivity contribution < 1.29 is 29.9 Å². The first-order valence-corrected chi connectivity index (χ1v) is 7.42. The molecule has 0 bridgehead atoms. The largest absolute Gasteiger partial charge is 0.465 e. The van der Waals surface area contributed by atoms with Gasteiger partial charge in [0.2, 0.25) is 0 Å². The summed E-state index contributed by atoms with van der Waals surface area (Å²) in [5.41, 5.74) is -0.565. The first-order valence-electron chi connectivity index (χ1n) is 6.62. The van der Waals surface area contributed by atoms with Crippen LogP contribution in [0.2, 0.25) is 0 Å². The maximum absolute atomic E-state index is 11.6. The second-order valence-corrected chi connectivity index (χ2v) is 5.59. The lowest BCUT2D eigenvalue weighted by Crippen LogP contribution is -2.56. The summed E-state index contributed by atoms with van der Waals surface area (Å²) in [6.07, 6.45) is -5.48. The van der Waals surface area contributed by atoms with Crippen molar-refractivity contribution in [3.63, 3.8) is 0 Å². The fraction of sp³-hybridized carbons (Fsp3) is 0.667. The van der Waals surface area contributed by atoms with Gasteiger partial charge in [-0.2, -0.15) is 4.98 Å². The Balaban J connectivity index is 2.45.